The monoisotopic (exact) mass is 425 g/mol. The molecule has 1 aliphatic heterocycles. The highest BCUT2D eigenvalue weighted by atomic mass is 32.1. The van der Waals surface area contributed by atoms with Gasteiger partial charge in [0.2, 0.25) is 5.91 Å². The number of piperazine rings is 1. The van der Waals surface area contributed by atoms with Gasteiger partial charge in [-0.2, -0.15) is 0 Å². The summed E-state index contributed by atoms with van der Waals surface area (Å²) in [6.45, 7) is 7.04. The Morgan fingerprint density at radius 3 is 2.40 bits per heavy atom. The van der Waals surface area contributed by atoms with Gasteiger partial charge in [-0.15, -0.1) is 11.3 Å². The molecule has 0 bridgehead atoms. The van der Waals surface area contributed by atoms with Crippen LogP contribution in [0.5, 0.6) is 0 Å². The number of amides is 1. The highest BCUT2D eigenvalue weighted by molar-refractivity contribution is 7.22. The van der Waals surface area contributed by atoms with E-state index in [2.05, 4.69) is 22.0 Å². The van der Waals surface area contributed by atoms with Crippen LogP contribution in [0.1, 0.15) is 6.92 Å². The molecule has 3 aromatic rings. The van der Waals surface area contributed by atoms with Crippen LogP contribution in [0.25, 0.3) is 21.2 Å². The molecule has 156 valence electrons. The van der Waals surface area contributed by atoms with Crippen LogP contribution in [-0.4, -0.2) is 55.0 Å². The van der Waals surface area contributed by atoms with Gasteiger partial charge in [-0.1, -0.05) is 31.2 Å². The second kappa shape index (κ2) is 9.04. The van der Waals surface area contributed by atoms with Crippen molar-refractivity contribution in [3.05, 3.63) is 64.6 Å². The summed E-state index contributed by atoms with van der Waals surface area (Å²) in [5.41, 5.74) is 0.834. The van der Waals surface area contributed by atoms with Gasteiger partial charge in [0.1, 0.15) is 10.8 Å². The third-order valence-electron chi connectivity index (χ3n) is 5.46. The Morgan fingerprint density at radius 1 is 1.03 bits per heavy atom. The molecule has 7 heteroatoms. The molecular formula is C23H24FN3O2S. The van der Waals surface area contributed by atoms with Gasteiger partial charge >= 0.3 is 0 Å². The number of nitrogens with one attached hydrogen (secondary N) is 1. The topological polar surface area (TPSA) is 52.6 Å². The maximum atomic E-state index is 13.4. The smallest absolute Gasteiger partial charge is 0.239 e. The number of likely N-dealkylation sites (N-methyl/N-ethyl adjacent to an activating group) is 1. The maximum Gasteiger partial charge on any atom is 0.239 e. The van der Waals surface area contributed by atoms with E-state index < -0.39 is 0 Å². The number of benzene rings is 2. The Hall–Kier alpha value is -2.61. The van der Waals surface area contributed by atoms with Crippen LogP contribution in [0.15, 0.2) is 53.3 Å². The number of hydrogen-bond acceptors (Lipinski definition) is 5. The van der Waals surface area contributed by atoms with E-state index in [0.29, 0.717) is 21.5 Å². The van der Waals surface area contributed by atoms with Crippen LogP contribution in [-0.2, 0) is 4.79 Å². The quantitative estimate of drug-likeness (QED) is 0.678. The first-order valence-corrected chi connectivity index (χ1v) is 10.9. The molecule has 0 spiro atoms. The van der Waals surface area contributed by atoms with E-state index >= 15 is 0 Å². The van der Waals surface area contributed by atoms with E-state index in [0.717, 1.165) is 37.4 Å². The second-order valence-electron chi connectivity index (χ2n) is 7.40. The summed E-state index contributed by atoms with van der Waals surface area (Å²) < 4.78 is 14.2. The summed E-state index contributed by atoms with van der Waals surface area (Å²) in [5.74, 6) is -0.512. The molecule has 0 saturated carbocycles. The maximum absolute atomic E-state index is 13.4. The highest BCUT2D eigenvalue weighted by Gasteiger charge is 2.20. The van der Waals surface area contributed by atoms with Crippen molar-refractivity contribution in [1.29, 1.82) is 0 Å². The third kappa shape index (κ3) is 4.43. The fraction of sp³-hybridized carbons (Fsp3) is 0.304. The lowest BCUT2D eigenvalue weighted by atomic mass is 10.1. The Kier molecular flexibility index (Phi) is 6.22. The molecule has 2 heterocycles. The lowest BCUT2D eigenvalue weighted by molar-refractivity contribution is -0.117. The fourth-order valence-corrected chi connectivity index (χ4v) is 4.86. The minimum absolute atomic E-state index is 0.144. The van der Waals surface area contributed by atoms with E-state index in [4.69, 9.17) is 0 Å². The minimum atomic E-state index is -0.368. The lowest BCUT2D eigenvalue weighted by Crippen LogP contribution is -2.48. The summed E-state index contributed by atoms with van der Waals surface area (Å²) in [6.07, 6.45) is 0. The van der Waals surface area contributed by atoms with Crippen molar-refractivity contribution in [1.82, 2.24) is 9.80 Å². The summed E-state index contributed by atoms with van der Waals surface area (Å²) in [7, 11) is 0. The highest BCUT2D eigenvalue weighted by Crippen LogP contribution is 2.33. The lowest BCUT2D eigenvalue weighted by Gasteiger charge is -2.33. The van der Waals surface area contributed by atoms with Crippen LogP contribution < -0.4 is 10.7 Å². The van der Waals surface area contributed by atoms with Crippen LogP contribution in [0.2, 0.25) is 0 Å². The molecule has 2 aromatic carbocycles. The van der Waals surface area contributed by atoms with Crippen LogP contribution in [0.3, 0.4) is 0 Å². The largest absolute Gasteiger partial charge is 0.316 e. The predicted molar refractivity (Wildman–Crippen MR) is 121 cm³/mol. The number of halogens is 1. The molecule has 0 aliphatic carbocycles. The molecule has 1 fully saturated rings. The van der Waals surface area contributed by atoms with Gasteiger partial charge in [0.05, 0.1) is 12.1 Å². The van der Waals surface area contributed by atoms with Crippen molar-refractivity contribution in [2.24, 2.45) is 0 Å². The molecule has 0 atom stereocenters. The van der Waals surface area contributed by atoms with Gasteiger partial charge in [0.25, 0.3) is 0 Å². The molecule has 0 radical (unpaired) electrons. The van der Waals surface area contributed by atoms with Crippen LogP contribution in [0.4, 0.5) is 9.39 Å². The number of fused-ring (bicyclic) bond motifs is 1. The van der Waals surface area contributed by atoms with E-state index in [1.165, 1.54) is 23.5 Å². The fourth-order valence-electron chi connectivity index (χ4n) is 3.74. The van der Waals surface area contributed by atoms with Crippen molar-refractivity contribution < 1.29 is 9.18 Å². The zero-order chi connectivity index (χ0) is 21.1. The van der Waals surface area contributed by atoms with E-state index in [1.807, 2.05) is 18.2 Å². The van der Waals surface area contributed by atoms with Gasteiger partial charge < -0.3 is 10.2 Å². The molecule has 1 aliphatic rings. The van der Waals surface area contributed by atoms with E-state index in [-0.39, 0.29) is 23.7 Å². The zero-order valence-corrected chi connectivity index (χ0v) is 17.7. The van der Waals surface area contributed by atoms with Crippen molar-refractivity contribution in [2.45, 2.75) is 6.92 Å². The van der Waals surface area contributed by atoms with Crippen molar-refractivity contribution >= 4 is 32.3 Å². The summed E-state index contributed by atoms with van der Waals surface area (Å²) in [4.78, 5) is 30.5. The Labute approximate surface area is 178 Å². The van der Waals surface area contributed by atoms with Gasteiger partial charge in [-0.05, 0) is 36.4 Å². The van der Waals surface area contributed by atoms with Crippen LogP contribution in [0, 0.1) is 5.82 Å². The summed E-state index contributed by atoms with van der Waals surface area (Å²) in [5, 5.41) is 4.06. The molecule has 1 aromatic heterocycles. The number of carbonyl (C=O) groups excluding carboxylic acids is 1. The standard InChI is InChI=1S/C23H24FN3O2S/c1-2-26-11-13-27(14-12-26)15-20(28)25-23-21(16-7-9-17(24)10-8-16)22(29)18-5-3-4-6-19(18)30-23/h3-10H,2,11-15H2,1H3,(H,25,28). The van der Waals surface area contributed by atoms with Crippen molar-refractivity contribution in [2.75, 3.05) is 44.6 Å². The van der Waals surface area contributed by atoms with Crippen LogP contribution >= 0.6 is 11.3 Å². The average molecular weight is 426 g/mol. The molecule has 1 saturated heterocycles. The minimum Gasteiger partial charge on any atom is -0.316 e. The molecule has 0 unspecified atom stereocenters. The van der Waals surface area contributed by atoms with Gasteiger partial charge in [-0.3, -0.25) is 14.5 Å². The molecule has 5 nitrogen and oxygen atoms in total. The van der Waals surface area contributed by atoms with Crippen molar-refractivity contribution in [3.63, 3.8) is 0 Å². The molecular weight excluding hydrogens is 401 g/mol. The Balaban J connectivity index is 1.64. The Morgan fingerprint density at radius 2 is 1.70 bits per heavy atom. The second-order valence-corrected chi connectivity index (χ2v) is 8.45. The summed E-state index contributed by atoms with van der Waals surface area (Å²) >= 11 is 1.37. The predicted octanol–water partition coefficient (Wildman–Crippen LogP) is 3.64. The third-order valence-corrected chi connectivity index (χ3v) is 6.55. The molecule has 1 amide bonds. The number of nitrogens with zero attached hydrogens (tertiary/aromatic N) is 2. The number of rotatable bonds is 5. The molecule has 30 heavy (non-hydrogen) atoms. The van der Waals surface area contributed by atoms with Gasteiger partial charge in [0, 0.05) is 36.3 Å². The Bertz CT molecular complexity index is 1110. The SMILES string of the molecule is CCN1CCN(CC(=O)Nc2sc3ccccc3c(=O)c2-c2ccc(F)cc2)CC1. The normalized spacial score (nSPS) is 15.4. The molecule has 1 N–H and O–H groups in total. The number of anilines is 1. The first kappa shape index (κ1) is 20.7. The molecule has 4 rings (SSSR count). The number of carbonyl (C=O) groups is 1. The van der Waals surface area contributed by atoms with E-state index in [9.17, 15) is 14.0 Å². The zero-order valence-electron chi connectivity index (χ0n) is 16.9. The van der Waals surface area contributed by atoms with Gasteiger partial charge in [-0.25, -0.2) is 4.39 Å². The first-order chi connectivity index (χ1) is 14.5. The van der Waals surface area contributed by atoms with E-state index in [1.54, 1.807) is 18.2 Å². The number of hydrogen-bond donors (Lipinski definition) is 1. The average Bonchev–Trinajstić information content (AvgIpc) is 2.75. The first-order valence-electron chi connectivity index (χ1n) is 10.1. The van der Waals surface area contributed by atoms with Gasteiger partial charge in [0.15, 0.2) is 5.43 Å². The van der Waals surface area contributed by atoms with Crippen molar-refractivity contribution in [3.8, 4) is 11.1 Å². The summed E-state index contributed by atoms with van der Waals surface area (Å²) in [6, 6.07) is 13.1.